The Labute approximate surface area is 54.7 Å². The predicted molar refractivity (Wildman–Crippen MR) is 33.8 cm³/mol. The Balaban J connectivity index is 2.76. The van der Waals surface area contributed by atoms with E-state index in [1.807, 2.05) is 6.07 Å². The van der Waals surface area contributed by atoms with Gasteiger partial charge in [0.05, 0.1) is 6.07 Å². The Bertz CT molecular complexity index is 106. The summed E-state index contributed by atoms with van der Waals surface area (Å²) >= 11 is 0. The lowest BCUT2D eigenvalue weighted by Crippen LogP contribution is -2.16. The average molecular weight is 126 g/mol. The quantitative estimate of drug-likeness (QED) is 0.419. The van der Waals surface area contributed by atoms with E-state index in [1.165, 1.54) is 0 Å². The Morgan fingerprint density at radius 2 is 2.33 bits per heavy atom. The largest absolute Gasteiger partial charge is 0.315 e. The maximum absolute atomic E-state index is 9.73. The zero-order valence-electron chi connectivity index (χ0n) is 5.26. The molecule has 50 valence electrons. The fourth-order valence-electron chi connectivity index (χ4n) is 0.430. The van der Waals surface area contributed by atoms with Crippen LogP contribution in [0.4, 0.5) is 0 Å². The van der Waals surface area contributed by atoms with Gasteiger partial charge in [-0.05, 0) is 0 Å². The molecule has 0 aliphatic carbocycles. The molecule has 0 fully saturated rings. The van der Waals surface area contributed by atoms with Gasteiger partial charge >= 0.3 is 0 Å². The number of hydrogen-bond donors (Lipinski definition) is 1. The zero-order valence-corrected chi connectivity index (χ0v) is 5.26. The monoisotopic (exact) mass is 126 g/mol. The van der Waals surface area contributed by atoms with Crippen molar-refractivity contribution in [3.63, 3.8) is 0 Å². The minimum atomic E-state index is 0.513. The Hall–Kier alpha value is -0.880. The molecule has 0 spiro atoms. The summed E-state index contributed by atoms with van der Waals surface area (Å²) in [4.78, 5) is 9.73. The topological polar surface area (TPSA) is 52.9 Å². The normalized spacial score (nSPS) is 8.33. The van der Waals surface area contributed by atoms with E-state index in [0.29, 0.717) is 25.9 Å². The molecule has 0 rings (SSSR count). The van der Waals surface area contributed by atoms with E-state index in [1.54, 1.807) is 0 Å². The van der Waals surface area contributed by atoms with Crippen molar-refractivity contribution in [3.8, 4) is 6.07 Å². The molecule has 3 nitrogen and oxygen atoms in total. The molecule has 0 atom stereocenters. The summed E-state index contributed by atoms with van der Waals surface area (Å²) in [5, 5.41) is 11.0. The molecule has 0 aliphatic rings. The van der Waals surface area contributed by atoms with E-state index in [2.05, 4.69) is 5.32 Å². The molecule has 0 saturated heterocycles. The van der Waals surface area contributed by atoms with Crippen molar-refractivity contribution >= 4 is 6.29 Å². The van der Waals surface area contributed by atoms with Crippen LogP contribution in [0.2, 0.25) is 0 Å². The van der Waals surface area contributed by atoms with Crippen molar-refractivity contribution in [1.29, 1.82) is 5.26 Å². The molecule has 0 aromatic heterocycles. The molecule has 0 heterocycles. The smallest absolute Gasteiger partial charge is 0.121 e. The highest BCUT2D eigenvalue weighted by Gasteiger charge is 1.83. The molecule has 0 amide bonds. The SMILES string of the molecule is N#CCCNCCC=O. The molecular weight excluding hydrogens is 116 g/mol. The number of nitrogens with zero attached hydrogens (tertiary/aromatic N) is 1. The third-order valence-corrected chi connectivity index (χ3v) is 0.853. The van der Waals surface area contributed by atoms with Crippen molar-refractivity contribution in [2.45, 2.75) is 12.8 Å². The first kappa shape index (κ1) is 8.12. The van der Waals surface area contributed by atoms with Crippen molar-refractivity contribution in [3.05, 3.63) is 0 Å². The lowest BCUT2D eigenvalue weighted by atomic mass is 10.4. The van der Waals surface area contributed by atoms with Gasteiger partial charge in [-0.2, -0.15) is 5.26 Å². The summed E-state index contributed by atoms with van der Waals surface area (Å²) in [5.41, 5.74) is 0. The standard InChI is InChI=1S/C6H10N2O/c7-3-1-4-8-5-2-6-9/h6,8H,1-2,4-5H2. The van der Waals surface area contributed by atoms with Crippen molar-refractivity contribution in [2.24, 2.45) is 0 Å². The summed E-state index contributed by atoms with van der Waals surface area (Å²) in [6.45, 7) is 1.37. The van der Waals surface area contributed by atoms with Crippen LogP contribution in [0.5, 0.6) is 0 Å². The van der Waals surface area contributed by atoms with Gasteiger partial charge in [-0.1, -0.05) is 0 Å². The third-order valence-electron chi connectivity index (χ3n) is 0.853. The minimum absolute atomic E-state index is 0.513. The number of hydrogen-bond acceptors (Lipinski definition) is 3. The summed E-state index contributed by atoms with van der Waals surface area (Å²) < 4.78 is 0. The van der Waals surface area contributed by atoms with E-state index in [9.17, 15) is 4.79 Å². The van der Waals surface area contributed by atoms with Gasteiger partial charge in [-0.15, -0.1) is 0 Å². The first-order valence-corrected chi connectivity index (χ1v) is 2.93. The Kier molecular flexibility index (Phi) is 6.42. The highest BCUT2D eigenvalue weighted by Crippen LogP contribution is 1.71. The van der Waals surface area contributed by atoms with Crippen LogP contribution in [0.25, 0.3) is 0 Å². The highest BCUT2D eigenvalue weighted by molar-refractivity contribution is 5.49. The first-order chi connectivity index (χ1) is 4.41. The van der Waals surface area contributed by atoms with Crippen LogP contribution in [0.3, 0.4) is 0 Å². The number of aldehydes is 1. The van der Waals surface area contributed by atoms with Crippen LogP contribution in [-0.4, -0.2) is 19.4 Å². The molecule has 0 saturated carbocycles. The van der Waals surface area contributed by atoms with Crippen molar-refractivity contribution in [1.82, 2.24) is 5.32 Å². The van der Waals surface area contributed by atoms with Gasteiger partial charge in [-0.25, -0.2) is 0 Å². The molecular formula is C6H10N2O. The van der Waals surface area contributed by atoms with Crippen LogP contribution in [0.1, 0.15) is 12.8 Å². The van der Waals surface area contributed by atoms with Crippen LogP contribution in [0.15, 0.2) is 0 Å². The maximum atomic E-state index is 9.73. The zero-order chi connectivity index (χ0) is 6.95. The predicted octanol–water partition coefficient (Wildman–Crippen LogP) is 0.0787. The van der Waals surface area contributed by atoms with Gasteiger partial charge < -0.3 is 10.1 Å². The van der Waals surface area contributed by atoms with E-state index >= 15 is 0 Å². The van der Waals surface area contributed by atoms with Gasteiger partial charge in [0.25, 0.3) is 0 Å². The summed E-state index contributed by atoms with van der Waals surface area (Å²) in [6.07, 6.45) is 1.91. The van der Waals surface area contributed by atoms with Crippen LogP contribution in [-0.2, 0) is 4.79 Å². The van der Waals surface area contributed by atoms with Gasteiger partial charge in [0.1, 0.15) is 6.29 Å². The summed E-state index contributed by atoms with van der Waals surface area (Å²) in [6, 6.07) is 1.99. The molecule has 0 aliphatic heterocycles. The van der Waals surface area contributed by atoms with Crippen LogP contribution in [0, 0.1) is 11.3 Å². The summed E-state index contributed by atoms with van der Waals surface area (Å²) in [7, 11) is 0. The molecule has 0 aromatic rings. The third kappa shape index (κ3) is 7.12. The lowest BCUT2D eigenvalue weighted by molar-refractivity contribution is -0.107. The molecule has 0 radical (unpaired) electrons. The van der Waals surface area contributed by atoms with Gasteiger partial charge in [0, 0.05) is 25.9 Å². The van der Waals surface area contributed by atoms with Gasteiger partial charge in [0.15, 0.2) is 0 Å². The van der Waals surface area contributed by atoms with E-state index in [0.717, 1.165) is 6.29 Å². The fourth-order valence-corrected chi connectivity index (χ4v) is 0.430. The molecule has 3 heteroatoms. The van der Waals surface area contributed by atoms with Gasteiger partial charge in [-0.3, -0.25) is 0 Å². The van der Waals surface area contributed by atoms with E-state index in [-0.39, 0.29) is 0 Å². The average Bonchev–Trinajstić information content (AvgIpc) is 1.89. The maximum Gasteiger partial charge on any atom is 0.121 e. The lowest BCUT2D eigenvalue weighted by Gasteiger charge is -1.94. The van der Waals surface area contributed by atoms with Crippen molar-refractivity contribution in [2.75, 3.05) is 13.1 Å². The van der Waals surface area contributed by atoms with E-state index in [4.69, 9.17) is 5.26 Å². The van der Waals surface area contributed by atoms with Crippen LogP contribution < -0.4 is 5.32 Å². The second-order valence-electron chi connectivity index (χ2n) is 1.61. The number of nitrogens with one attached hydrogen (secondary N) is 1. The second-order valence-corrected chi connectivity index (χ2v) is 1.61. The Morgan fingerprint density at radius 1 is 1.56 bits per heavy atom. The number of carbonyl (C=O) groups excluding carboxylic acids is 1. The second kappa shape index (κ2) is 7.12. The Morgan fingerprint density at radius 3 is 2.89 bits per heavy atom. The van der Waals surface area contributed by atoms with Crippen molar-refractivity contribution < 1.29 is 4.79 Å². The fraction of sp³-hybridized carbons (Fsp3) is 0.667. The minimum Gasteiger partial charge on any atom is -0.315 e. The number of carbonyl (C=O) groups is 1. The molecule has 9 heavy (non-hydrogen) atoms. The molecule has 0 unspecified atom stereocenters. The summed E-state index contributed by atoms with van der Waals surface area (Å²) in [5.74, 6) is 0. The number of nitriles is 1. The molecule has 0 bridgehead atoms. The molecule has 0 aromatic carbocycles. The van der Waals surface area contributed by atoms with Gasteiger partial charge in [0.2, 0.25) is 0 Å². The van der Waals surface area contributed by atoms with Crippen LogP contribution >= 0.6 is 0 Å². The number of rotatable bonds is 5. The molecule has 1 N–H and O–H groups in total. The first-order valence-electron chi connectivity index (χ1n) is 2.93. The van der Waals surface area contributed by atoms with E-state index < -0.39 is 0 Å². The highest BCUT2D eigenvalue weighted by atomic mass is 16.1.